The molecule has 1 heterocycles. The van der Waals surface area contributed by atoms with Gasteiger partial charge in [0.1, 0.15) is 5.01 Å². The molecular formula is C18H14BrN3O3S. The lowest BCUT2D eigenvalue weighted by molar-refractivity contribution is 0.0597. The molecule has 2 aromatic carbocycles. The van der Waals surface area contributed by atoms with Gasteiger partial charge in [0.05, 0.1) is 18.2 Å². The Bertz CT molecular complexity index is 956. The van der Waals surface area contributed by atoms with Gasteiger partial charge in [0.2, 0.25) is 5.13 Å². The number of anilines is 1. The van der Waals surface area contributed by atoms with Gasteiger partial charge in [-0.05, 0) is 24.3 Å². The van der Waals surface area contributed by atoms with Crippen LogP contribution in [0, 0.1) is 0 Å². The first-order valence-corrected chi connectivity index (χ1v) is 9.17. The summed E-state index contributed by atoms with van der Waals surface area (Å²) in [5, 5.41) is 9.40. The fraction of sp³-hybridized carbons (Fsp3) is 0.111. The molecule has 0 atom stereocenters. The highest BCUT2D eigenvalue weighted by atomic mass is 79.9. The van der Waals surface area contributed by atoms with Crippen molar-refractivity contribution in [1.82, 2.24) is 10.2 Å². The third kappa shape index (κ3) is 3.66. The molecule has 3 rings (SSSR count). The van der Waals surface area contributed by atoms with E-state index < -0.39 is 5.97 Å². The molecule has 26 heavy (non-hydrogen) atoms. The Morgan fingerprint density at radius 1 is 1.04 bits per heavy atom. The van der Waals surface area contributed by atoms with E-state index in [4.69, 9.17) is 4.74 Å². The SMILES string of the molecule is COC(=O)c1ccccc1C(=O)N(C)c1nnc(-c2ccc(Br)cc2)s1. The number of esters is 1. The predicted octanol–water partition coefficient (Wildman–Crippen LogP) is 4.03. The van der Waals surface area contributed by atoms with E-state index in [-0.39, 0.29) is 17.0 Å². The van der Waals surface area contributed by atoms with E-state index in [1.54, 1.807) is 31.3 Å². The van der Waals surface area contributed by atoms with Crippen LogP contribution in [0.5, 0.6) is 0 Å². The lowest BCUT2D eigenvalue weighted by Crippen LogP contribution is -2.28. The second-order valence-electron chi connectivity index (χ2n) is 5.30. The first-order chi connectivity index (χ1) is 12.5. The van der Waals surface area contributed by atoms with Gasteiger partial charge < -0.3 is 4.74 Å². The van der Waals surface area contributed by atoms with Crippen molar-refractivity contribution in [1.29, 1.82) is 0 Å². The molecule has 132 valence electrons. The summed E-state index contributed by atoms with van der Waals surface area (Å²) in [5.74, 6) is -0.917. The number of rotatable bonds is 4. The third-order valence-electron chi connectivity index (χ3n) is 3.66. The van der Waals surface area contributed by atoms with Gasteiger partial charge in [0.15, 0.2) is 0 Å². The zero-order chi connectivity index (χ0) is 18.7. The van der Waals surface area contributed by atoms with Crippen LogP contribution in [0.4, 0.5) is 5.13 Å². The first kappa shape index (κ1) is 18.2. The number of nitrogens with zero attached hydrogens (tertiary/aromatic N) is 3. The molecule has 6 nitrogen and oxygen atoms in total. The quantitative estimate of drug-likeness (QED) is 0.583. The summed E-state index contributed by atoms with van der Waals surface area (Å²) in [6, 6.07) is 14.2. The molecular weight excluding hydrogens is 418 g/mol. The van der Waals surface area contributed by atoms with Crippen molar-refractivity contribution in [3.05, 3.63) is 64.1 Å². The lowest BCUT2D eigenvalue weighted by Gasteiger charge is -2.15. The van der Waals surface area contributed by atoms with Gasteiger partial charge in [-0.15, -0.1) is 10.2 Å². The molecule has 0 saturated carbocycles. The Labute approximate surface area is 162 Å². The largest absolute Gasteiger partial charge is 0.465 e. The van der Waals surface area contributed by atoms with E-state index in [1.165, 1.54) is 23.3 Å². The highest BCUT2D eigenvalue weighted by molar-refractivity contribution is 9.10. The van der Waals surface area contributed by atoms with Crippen LogP contribution in [-0.2, 0) is 4.74 Å². The van der Waals surface area contributed by atoms with Gasteiger partial charge in [-0.2, -0.15) is 0 Å². The van der Waals surface area contributed by atoms with Crippen molar-refractivity contribution in [3.8, 4) is 10.6 Å². The zero-order valence-corrected chi connectivity index (χ0v) is 16.4. The predicted molar refractivity (Wildman–Crippen MR) is 104 cm³/mol. The van der Waals surface area contributed by atoms with Crippen LogP contribution in [0.25, 0.3) is 10.6 Å². The van der Waals surface area contributed by atoms with Gasteiger partial charge in [-0.1, -0.05) is 51.5 Å². The number of benzene rings is 2. The smallest absolute Gasteiger partial charge is 0.338 e. The van der Waals surface area contributed by atoms with Crippen molar-refractivity contribution < 1.29 is 14.3 Å². The summed E-state index contributed by atoms with van der Waals surface area (Å²) in [5.41, 5.74) is 1.37. The van der Waals surface area contributed by atoms with Crippen molar-refractivity contribution >= 4 is 44.3 Å². The van der Waals surface area contributed by atoms with Crippen LogP contribution in [-0.4, -0.2) is 36.2 Å². The normalized spacial score (nSPS) is 10.4. The van der Waals surface area contributed by atoms with E-state index in [9.17, 15) is 9.59 Å². The van der Waals surface area contributed by atoms with Crippen molar-refractivity contribution in [2.45, 2.75) is 0 Å². The first-order valence-electron chi connectivity index (χ1n) is 7.56. The average Bonchev–Trinajstić information content (AvgIpc) is 3.17. The summed E-state index contributed by atoms with van der Waals surface area (Å²) in [4.78, 5) is 26.1. The number of carbonyl (C=O) groups excluding carboxylic acids is 2. The Balaban J connectivity index is 1.88. The Kier molecular flexibility index (Phi) is 5.43. The maximum absolute atomic E-state index is 12.8. The molecule has 0 spiro atoms. The molecule has 0 radical (unpaired) electrons. The molecule has 0 aliphatic rings. The number of amides is 1. The Morgan fingerprint density at radius 3 is 2.35 bits per heavy atom. The standard InChI is InChI=1S/C18H14BrN3O3S/c1-22(16(23)13-5-3-4-6-14(13)17(24)25-2)18-21-20-15(26-18)11-7-9-12(19)10-8-11/h3-10H,1-2H3. The molecule has 0 bridgehead atoms. The molecule has 0 aliphatic heterocycles. The van der Waals surface area contributed by atoms with Crippen LogP contribution >= 0.6 is 27.3 Å². The second kappa shape index (κ2) is 7.76. The summed E-state index contributed by atoms with van der Waals surface area (Å²) in [6.07, 6.45) is 0. The summed E-state index contributed by atoms with van der Waals surface area (Å²) >= 11 is 4.69. The number of carbonyl (C=O) groups is 2. The molecule has 1 amide bonds. The average molecular weight is 432 g/mol. The molecule has 0 aliphatic carbocycles. The van der Waals surface area contributed by atoms with E-state index in [1.807, 2.05) is 24.3 Å². The molecule has 1 aromatic heterocycles. The monoisotopic (exact) mass is 431 g/mol. The molecule has 0 unspecified atom stereocenters. The van der Waals surface area contributed by atoms with Gasteiger partial charge in [-0.25, -0.2) is 4.79 Å². The van der Waals surface area contributed by atoms with Gasteiger partial charge >= 0.3 is 5.97 Å². The van der Waals surface area contributed by atoms with Crippen LogP contribution in [0.1, 0.15) is 20.7 Å². The van der Waals surface area contributed by atoms with Crippen molar-refractivity contribution in [3.63, 3.8) is 0 Å². The van der Waals surface area contributed by atoms with Gasteiger partial charge in [-0.3, -0.25) is 9.69 Å². The van der Waals surface area contributed by atoms with Crippen LogP contribution in [0.3, 0.4) is 0 Å². The minimum absolute atomic E-state index is 0.212. The number of halogens is 1. The molecule has 3 aromatic rings. The Hall–Kier alpha value is -2.58. The number of ether oxygens (including phenoxy) is 1. The van der Waals surface area contributed by atoms with Crippen molar-refractivity contribution in [2.24, 2.45) is 0 Å². The fourth-order valence-corrected chi connectivity index (χ4v) is 3.36. The van der Waals surface area contributed by atoms with Crippen LogP contribution in [0.2, 0.25) is 0 Å². The summed E-state index contributed by atoms with van der Waals surface area (Å²) < 4.78 is 5.72. The number of hydrogen-bond donors (Lipinski definition) is 0. The number of aromatic nitrogens is 2. The van der Waals surface area contributed by atoms with Crippen LogP contribution < -0.4 is 4.90 Å². The van der Waals surface area contributed by atoms with Gasteiger partial charge in [0.25, 0.3) is 5.91 Å². The summed E-state index contributed by atoms with van der Waals surface area (Å²) in [7, 11) is 2.88. The number of methoxy groups -OCH3 is 1. The highest BCUT2D eigenvalue weighted by Crippen LogP contribution is 2.30. The second-order valence-corrected chi connectivity index (χ2v) is 7.17. The van der Waals surface area contributed by atoms with E-state index in [0.717, 1.165) is 10.0 Å². The van der Waals surface area contributed by atoms with E-state index in [0.29, 0.717) is 10.1 Å². The van der Waals surface area contributed by atoms with Gasteiger partial charge in [0, 0.05) is 17.1 Å². The minimum atomic E-state index is -0.560. The molecule has 0 fully saturated rings. The number of hydrogen-bond acceptors (Lipinski definition) is 6. The maximum atomic E-state index is 12.8. The molecule has 0 N–H and O–H groups in total. The topological polar surface area (TPSA) is 72.4 Å². The highest BCUT2D eigenvalue weighted by Gasteiger charge is 2.23. The molecule has 8 heteroatoms. The summed E-state index contributed by atoms with van der Waals surface area (Å²) in [6.45, 7) is 0. The molecule has 0 saturated heterocycles. The fourth-order valence-electron chi connectivity index (χ4n) is 2.29. The maximum Gasteiger partial charge on any atom is 0.338 e. The third-order valence-corrected chi connectivity index (χ3v) is 5.24. The Morgan fingerprint density at radius 2 is 1.69 bits per heavy atom. The van der Waals surface area contributed by atoms with Crippen molar-refractivity contribution in [2.75, 3.05) is 19.1 Å². The van der Waals surface area contributed by atoms with Crippen LogP contribution in [0.15, 0.2) is 53.0 Å². The zero-order valence-electron chi connectivity index (χ0n) is 14.0. The van der Waals surface area contributed by atoms with E-state index >= 15 is 0 Å². The van der Waals surface area contributed by atoms with E-state index in [2.05, 4.69) is 26.1 Å². The lowest BCUT2D eigenvalue weighted by atomic mass is 10.1. The minimum Gasteiger partial charge on any atom is -0.465 e.